The third-order valence-electron chi connectivity index (χ3n) is 8.38. The zero-order chi connectivity index (χ0) is 25.9. The lowest BCUT2D eigenvalue weighted by molar-refractivity contribution is -0.0106. The maximum atomic E-state index is 13.7. The van der Waals surface area contributed by atoms with Crippen LogP contribution in [0, 0.1) is 6.92 Å². The zero-order valence-corrected chi connectivity index (χ0v) is 21.9. The van der Waals surface area contributed by atoms with Crippen molar-refractivity contribution in [2.45, 2.75) is 64.0 Å². The van der Waals surface area contributed by atoms with Gasteiger partial charge in [0.25, 0.3) is 5.91 Å². The predicted molar refractivity (Wildman–Crippen MR) is 143 cm³/mol. The average Bonchev–Trinajstić information content (AvgIpc) is 3.51. The number of carbonyl (C=O) groups is 1. The van der Waals surface area contributed by atoms with Gasteiger partial charge in [-0.25, -0.2) is 0 Å². The number of aromatic amines is 1. The van der Waals surface area contributed by atoms with Gasteiger partial charge in [0.2, 0.25) is 5.82 Å². The van der Waals surface area contributed by atoms with E-state index in [1.807, 2.05) is 30.0 Å². The Kier molecular flexibility index (Phi) is 5.42. The SMILES string of the molecule is CCOc1cc(C(=O)N2CCC3(CCc4cc(-c5nn[nH]n5)ccc4O3)CC2)cc2c1c(C)cn2C1CC1. The molecule has 9 heteroatoms. The third-order valence-corrected chi connectivity index (χ3v) is 8.38. The fourth-order valence-electron chi connectivity index (χ4n) is 6.19. The van der Waals surface area contributed by atoms with E-state index in [4.69, 9.17) is 9.47 Å². The minimum atomic E-state index is -0.227. The smallest absolute Gasteiger partial charge is 0.254 e. The summed E-state index contributed by atoms with van der Waals surface area (Å²) < 4.78 is 15.0. The van der Waals surface area contributed by atoms with E-state index < -0.39 is 0 Å². The number of nitrogens with one attached hydrogen (secondary N) is 1. The highest BCUT2D eigenvalue weighted by Crippen LogP contribution is 2.43. The summed E-state index contributed by atoms with van der Waals surface area (Å²) in [5.41, 5.74) is 4.90. The molecule has 1 amide bonds. The topological polar surface area (TPSA) is 98.2 Å². The monoisotopic (exact) mass is 512 g/mol. The van der Waals surface area contributed by atoms with E-state index in [9.17, 15) is 4.79 Å². The van der Waals surface area contributed by atoms with Crippen molar-refractivity contribution in [2.24, 2.45) is 0 Å². The van der Waals surface area contributed by atoms with Crippen LogP contribution in [-0.2, 0) is 6.42 Å². The number of piperidine rings is 1. The molecule has 2 fully saturated rings. The molecule has 3 aliphatic rings. The van der Waals surface area contributed by atoms with E-state index in [0.717, 1.165) is 53.6 Å². The number of carbonyl (C=O) groups excluding carboxylic acids is 1. The van der Waals surface area contributed by atoms with Crippen LogP contribution in [0.15, 0.2) is 36.5 Å². The molecule has 0 atom stereocenters. The molecule has 1 spiro atoms. The molecule has 0 radical (unpaired) electrons. The number of nitrogens with zero attached hydrogens (tertiary/aromatic N) is 5. The van der Waals surface area contributed by atoms with Crippen LogP contribution in [0.1, 0.15) is 66.6 Å². The van der Waals surface area contributed by atoms with Crippen LogP contribution in [-0.4, -0.2) is 61.3 Å². The van der Waals surface area contributed by atoms with Crippen LogP contribution in [0.3, 0.4) is 0 Å². The second-order valence-corrected chi connectivity index (χ2v) is 10.9. The first-order valence-corrected chi connectivity index (χ1v) is 13.7. The molecule has 196 valence electrons. The van der Waals surface area contributed by atoms with Crippen LogP contribution < -0.4 is 9.47 Å². The lowest BCUT2D eigenvalue weighted by atomic mass is 9.82. The van der Waals surface area contributed by atoms with E-state index in [1.165, 1.54) is 24.0 Å². The maximum Gasteiger partial charge on any atom is 0.254 e. The number of aromatic nitrogens is 5. The molecule has 0 unspecified atom stereocenters. The molecule has 2 aromatic carbocycles. The van der Waals surface area contributed by atoms with E-state index in [0.29, 0.717) is 37.1 Å². The molecule has 4 heterocycles. The van der Waals surface area contributed by atoms with Crippen molar-refractivity contribution in [3.63, 3.8) is 0 Å². The Balaban J connectivity index is 1.09. The van der Waals surface area contributed by atoms with Crippen LogP contribution in [0.2, 0.25) is 0 Å². The van der Waals surface area contributed by atoms with Gasteiger partial charge in [-0.05, 0) is 86.2 Å². The van der Waals surface area contributed by atoms with Gasteiger partial charge < -0.3 is 18.9 Å². The molecule has 2 aliphatic heterocycles. The van der Waals surface area contributed by atoms with E-state index in [-0.39, 0.29) is 11.5 Å². The minimum absolute atomic E-state index is 0.0740. The average molecular weight is 513 g/mol. The van der Waals surface area contributed by atoms with Crippen LogP contribution in [0.5, 0.6) is 11.5 Å². The summed E-state index contributed by atoms with van der Waals surface area (Å²) in [4.78, 5) is 15.7. The van der Waals surface area contributed by atoms with Gasteiger partial charge in [-0.3, -0.25) is 4.79 Å². The lowest BCUT2D eigenvalue weighted by Crippen LogP contribution is -2.51. The lowest BCUT2D eigenvalue weighted by Gasteiger charge is -2.44. The molecule has 4 aromatic rings. The molecular weight excluding hydrogens is 480 g/mol. The fraction of sp³-hybridized carbons (Fsp3) is 0.448. The van der Waals surface area contributed by atoms with Crippen molar-refractivity contribution in [1.29, 1.82) is 0 Å². The molecule has 9 nitrogen and oxygen atoms in total. The van der Waals surface area contributed by atoms with Crippen LogP contribution in [0.4, 0.5) is 0 Å². The summed E-state index contributed by atoms with van der Waals surface area (Å²) >= 11 is 0. The number of tetrazole rings is 1. The van der Waals surface area contributed by atoms with E-state index in [1.54, 1.807) is 0 Å². The Labute approximate surface area is 221 Å². The van der Waals surface area contributed by atoms with Crippen molar-refractivity contribution in [2.75, 3.05) is 19.7 Å². The number of amides is 1. The van der Waals surface area contributed by atoms with Crippen molar-refractivity contribution < 1.29 is 14.3 Å². The van der Waals surface area contributed by atoms with Crippen molar-refractivity contribution in [1.82, 2.24) is 30.1 Å². The Morgan fingerprint density at radius 3 is 2.76 bits per heavy atom. The highest BCUT2D eigenvalue weighted by atomic mass is 16.5. The summed E-state index contributed by atoms with van der Waals surface area (Å²) in [6, 6.07) is 10.6. The number of benzene rings is 2. The molecule has 38 heavy (non-hydrogen) atoms. The predicted octanol–water partition coefficient (Wildman–Crippen LogP) is 4.86. The molecule has 1 saturated carbocycles. The summed E-state index contributed by atoms with van der Waals surface area (Å²) in [7, 11) is 0. The molecular formula is C29H32N6O3. The van der Waals surface area contributed by atoms with Crippen molar-refractivity contribution >= 4 is 16.8 Å². The standard InChI is InChI=1S/C29H32N6O3/c1-3-37-25-16-21(15-23-26(25)18(2)17-35(23)22-5-6-22)28(36)34-12-10-29(11-13-34)9-8-19-14-20(4-7-24(19)38-29)27-30-32-33-31-27/h4,7,14-17,22H,3,5-6,8-13H2,1-2H3,(H,30,31,32,33). The van der Waals surface area contributed by atoms with Gasteiger partial charge >= 0.3 is 0 Å². The number of hydrogen-bond acceptors (Lipinski definition) is 6. The normalized spacial score (nSPS) is 18.4. The minimum Gasteiger partial charge on any atom is -0.493 e. The molecule has 0 bridgehead atoms. The van der Waals surface area contributed by atoms with Gasteiger partial charge in [-0.2, -0.15) is 5.21 Å². The van der Waals surface area contributed by atoms with Gasteiger partial charge in [0.1, 0.15) is 17.1 Å². The quantitative estimate of drug-likeness (QED) is 0.410. The van der Waals surface area contributed by atoms with Crippen molar-refractivity contribution in [3.8, 4) is 22.9 Å². The Hall–Kier alpha value is -3.88. The number of fused-ring (bicyclic) bond motifs is 2. The van der Waals surface area contributed by atoms with Gasteiger partial charge in [0.05, 0.1) is 12.1 Å². The van der Waals surface area contributed by atoms with E-state index in [2.05, 4.69) is 50.4 Å². The highest BCUT2D eigenvalue weighted by molar-refractivity contribution is 6.01. The Morgan fingerprint density at radius 2 is 2.03 bits per heavy atom. The van der Waals surface area contributed by atoms with Gasteiger partial charge in [-0.1, -0.05) is 0 Å². The Bertz CT molecular complexity index is 1510. The van der Waals surface area contributed by atoms with Gasteiger partial charge in [-0.15, -0.1) is 10.2 Å². The number of H-pyrrole nitrogens is 1. The number of ether oxygens (including phenoxy) is 2. The summed E-state index contributed by atoms with van der Waals surface area (Å²) in [6.07, 6.45) is 8.12. The fourth-order valence-corrected chi connectivity index (χ4v) is 6.19. The molecule has 1 aliphatic carbocycles. The molecule has 2 aromatic heterocycles. The molecule has 7 rings (SSSR count). The summed E-state index contributed by atoms with van der Waals surface area (Å²) in [6.45, 7) is 6.05. The van der Waals surface area contributed by atoms with Gasteiger partial charge in [0.15, 0.2) is 0 Å². The zero-order valence-electron chi connectivity index (χ0n) is 21.9. The Morgan fingerprint density at radius 1 is 1.18 bits per heavy atom. The number of likely N-dealkylation sites (tertiary alicyclic amines) is 1. The maximum absolute atomic E-state index is 13.7. The van der Waals surface area contributed by atoms with E-state index >= 15 is 0 Å². The second-order valence-electron chi connectivity index (χ2n) is 10.9. The number of hydrogen-bond donors (Lipinski definition) is 1. The van der Waals surface area contributed by atoms with Crippen LogP contribution in [0.25, 0.3) is 22.3 Å². The van der Waals surface area contributed by atoms with Crippen molar-refractivity contribution in [3.05, 3.63) is 53.2 Å². The molecule has 1 saturated heterocycles. The second kappa shape index (κ2) is 8.85. The first kappa shape index (κ1) is 23.3. The number of rotatable bonds is 5. The number of aryl methyl sites for hydroxylation is 2. The highest BCUT2D eigenvalue weighted by Gasteiger charge is 2.41. The first-order chi connectivity index (χ1) is 18.5. The summed E-state index contributed by atoms with van der Waals surface area (Å²) in [5, 5.41) is 15.5. The molecule has 1 N–H and O–H groups in total. The largest absolute Gasteiger partial charge is 0.493 e. The van der Waals surface area contributed by atoms with Gasteiger partial charge in [0, 0.05) is 54.7 Å². The summed E-state index contributed by atoms with van der Waals surface area (Å²) in [5.74, 6) is 2.40. The third kappa shape index (κ3) is 3.92. The van der Waals surface area contributed by atoms with Crippen LogP contribution >= 0.6 is 0 Å². The first-order valence-electron chi connectivity index (χ1n) is 13.7.